The summed E-state index contributed by atoms with van der Waals surface area (Å²) >= 11 is 7.26. The third-order valence-electron chi connectivity index (χ3n) is 4.14. The number of anilines is 1. The number of benzene rings is 2. The van der Waals surface area contributed by atoms with Crippen molar-refractivity contribution in [2.24, 2.45) is 9.98 Å². The molecule has 0 aromatic heterocycles. The van der Waals surface area contributed by atoms with E-state index < -0.39 is 6.04 Å². The first-order chi connectivity index (χ1) is 13.0. The Morgan fingerprint density at radius 2 is 1.96 bits per heavy atom. The van der Waals surface area contributed by atoms with Gasteiger partial charge in [0.15, 0.2) is 5.17 Å². The number of carbonyl (C=O) groups is 2. The van der Waals surface area contributed by atoms with Crippen molar-refractivity contribution in [2.75, 3.05) is 11.1 Å². The highest BCUT2D eigenvalue weighted by molar-refractivity contribution is 8.14. The van der Waals surface area contributed by atoms with Gasteiger partial charge in [0, 0.05) is 5.56 Å². The molecular formula is C19H15ClN4O2S. The Labute approximate surface area is 165 Å². The van der Waals surface area contributed by atoms with Gasteiger partial charge >= 0.3 is 0 Å². The molecule has 136 valence electrons. The highest BCUT2D eigenvalue weighted by atomic mass is 35.5. The lowest BCUT2D eigenvalue weighted by atomic mass is 10.1. The molecule has 1 atom stereocenters. The minimum absolute atomic E-state index is 0.0949. The normalized spacial score (nSPS) is 17.8. The first kappa shape index (κ1) is 17.8. The van der Waals surface area contributed by atoms with Crippen LogP contribution in [0.25, 0.3) is 0 Å². The average Bonchev–Trinajstić information content (AvgIpc) is 2.97. The van der Waals surface area contributed by atoms with Crippen molar-refractivity contribution < 1.29 is 9.59 Å². The summed E-state index contributed by atoms with van der Waals surface area (Å²) in [7, 11) is 0. The maximum absolute atomic E-state index is 12.5. The van der Waals surface area contributed by atoms with Gasteiger partial charge in [0.2, 0.25) is 5.91 Å². The van der Waals surface area contributed by atoms with E-state index in [4.69, 9.17) is 11.6 Å². The maximum Gasteiger partial charge on any atom is 0.258 e. The van der Waals surface area contributed by atoms with Crippen molar-refractivity contribution >= 4 is 57.6 Å². The average molecular weight is 399 g/mol. The van der Waals surface area contributed by atoms with E-state index in [0.717, 1.165) is 11.3 Å². The van der Waals surface area contributed by atoms with Gasteiger partial charge in [-0.2, -0.15) is 0 Å². The monoisotopic (exact) mass is 398 g/mol. The van der Waals surface area contributed by atoms with E-state index in [-0.39, 0.29) is 17.6 Å². The van der Waals surface area contributed by atoms with Crippen LogP contribution >= 0.6 is 23.4 Å². The molecule has 0 bridgehead atoms. The van der Waals surface area contributed by atoms with Gasteiger partial charge in [-0.3, -0.25) is 14.6 Å². The number of nitrogens with one attached hydrogen (secondary N) is 1. The lowest BCUT2D eigenvalue weighted by Gasteiger charge is -2.25. The number of amides is 2. The van der Waals surface area contributed by atoms with Crippen molar-refractivity contribution in [1.29, 1.82) is 0 Å². The molecule has 6 nitrogen and oxygen atoms in total. The molecule has 1 N–H and O–H groups in total. The zero-order valence-electron chi connectivity index (χ0n) is 14.3. The number of thioether (sulfide) groups is 1. The summed E-state index contributed by atoms with van der Waals surface area (Å²) < 4.78 is 0. The molecule has 8 heteroatoms. The van der Waals surface area contributed by atoms with Crippen LogP contribution in [0.3, 0.4) is 0 Å². The van der Waals surface area contributed by atoms with Crippen LogP contribution in [-0.4, -0.2) is 39.5 Å². The minimum atomic E-state index is -0.464. The lowest BCUT2D eigenvalue weighted by molar-refractivity contribution is -0.124. The van der Waals surface area contributed by atoms with Gasteiger partial charge in [-0.05, 0) is 31.2 Å². The second-order valence-corrected chi connectivity index (χ2v) is 7.38. The Balaban J connectivity index is 1.54. The lowest BCUT2D eigenvalue weighted by Crippen LogP contribution is -2.41. The fourth-order valence-corrected chi connectivity index (χ4v) is 3.84. The molecule has 2 heterocycles. The number of fused-ring (bicyclic) bond motifs is 3. The quantitative estimate of drug-likeness (QED) is 0.856. The van der Waals surface area contributed by atoms with Crippen LogP contribution in [0.5, 0.6) is 0 Å². The van der Waals surface area contributed by atoms with E-state index in [0.29, 0.717) is 21.7 Å². The molecule has 2 aliphatic heterocycles. The predicted octanol–water partition coefficient (Wildman–Crippen LogP) is 3.69. The minimum Gasteiger partial charge on any atom is -0.324 e. The van der Waals surface area contributed by atoms with E-state index in [1.165, 1.54) is 16.7 Å². The van der Waals surface area contributed by atoms with E-state index in [2.05, 4.69) is 15.3 Å². The zero-order valence-corrected chi connectivity index (χ0v) is 15.9. The number of carbonyl (C=O) groups excluding carboxylic acids is 2. The largest absolute Gasteiger partial charge is 0.324 e. The summed E-state index contributed by atoms with van der Waals surface area (Å²) in [5.74, 6) is 0.315. The van der Waals surface area contributed by atoms with Crippen molar-refractivity contribution in [3.8, 4) is 0 Å². The fraction of sp³-hybridized carbons (Fsp3) is 0.158. The van der Waals surface area contributed by atoms with E-state index in [9.17, 15) is 9.59 Å². The number of nitrogens with zero attached hydrogens (tertiary/aromatic N) is 3. The third-order valence-corrected chi connectivity index (χ3v) is 5.41. The van der Waals surface area contributed by atoms with E-state index in [1.54, 1.807) is 31.2 Å². The van der Waals surface area contributed by atoms with Crippen molar-refractivity contribution in [3.63, 3.8) is 0 Å². The number of aliphatic imine (C=N–C) groups is 2. The van der Waals surface area contributed by atoms with Crippen LogP contribution in [-0.2, 0) is 9.59 Å². The van der Waals surface area contributed by atoms with Gasteiger partial charge in [0.05, 0.1) is 22.2 Å². The maximum atomic E-state index is 12.5. The molecule has 0 radical (unpaired) electrons. The molecule has 4 rings (SSSR count). The topological polar surface area (TPSA) is 74.1 Å². The van der Waals surface area contributed by atoms with E-state index >= 15 is 0 Å². The van der Waals surface area contributed by atoms with Crippen molar-refractivity contribution in [2.45, 2.75) is 13.0 Å². The third kappa shape index (κ3) is 3.36. The molecule has 2 aromatic carbocycles. The highest BCUT2D eigenvalue weighted by Crippen LogP contribution is 2.33. The number of para-hydroxylation sites is 2. The standard InChI is InChI=1S/C19H15ClN4O2S/c1-11-18(26)24-17(21-11)12-6-2-4-8-14(12)23-19(24)27-10-16(25)22-15-9-5-3-7-13(15)20/h2-9,11H,10H2,1H3,(H,22,25)/t11-/m1/s1. The first-order valence-electron chi connectivity index (χ1n) is 8.31. The second-order valence-electron chi connectivity index (χ2n) is 6.03. The number of amidine groups is 2. The summed E-state index contributed by atoms with van der Waals surface area (Å²) in [6.45, 7) is 1.75. The molecule has 2 aromatic rings. The summed E-state index contributed by atoms with van der Waals surface area (Å²) in [6, 6.07) is 14.1. The number of hydrogen-bond donors (Lipinski definition) is 1. The molecule has 2 aliphatic rings. The SMILES string of the molecule is C[C@H]1N=C2c3ccccc3N=C(SCC(=O)Nc3ccccc3Cl)N2C1=O. The van der Waals surface area contributed by atoms with Crippen LogP contribution < -0.4 is 5.32 Å². The van der Waals surface area contributed by atoms with Crippen LogP contribution in [0.1, 0.15) is 12.5 Å². The second kappa shape index (κ2) is 7.17. The van der Waals surface area contributed by atoms with E-state index in [1.807, 2.05) is 24.3 Å². The molecule has 0 unspecified atom stereocenters. The summed E-state index contributed by atoms with van der Waals surface area (Å²) in [5.41, 5.74) is 2.11. The van der Waals surface area contributed by atoms with Gasteiger partial charge in [-0.1, -0.05) is 47.6 Å². The summed E-state index contributed by atoms with van der Waals surface area (Å²) in [5, 5.41) is 3.69. The molecular weight excluding hydrogens is 384 g/mol. The van der Waals surface area contributed by atoms with Crippen LogP contribution in [0.2, 0.25) is 5.02 Å². The first-order valence-corrected chi connectivity index (χ1v) is 9.68. The number of rotatable bonds is 3. The van der Waals surface area contributed by atoms with Crippen LogP contribution in [0.4, 0.5) is 11.4 Å². The number of hydrogen-bond acceptors (Lipinski definition) is 5. The Hall–Kier alpha value is -2.64. The van der Waals surface area contributed by atoms with Crippen LogP contribution in [0, 0.1) is 0 Å². The van der Waals surface area contributed by atoms with Gasteiger partial charge in [0.1, 0.15) is 11.9 Å². The smallest absolute Gasteiger partial charge is 0.258 e. The Morgan fingerprint density at radius 3 is 2.78 bits per heavy atom. The number of halogens is 1. The molecule has 27 heavy (non-hydrogen) atoms. The molecule has 0 saturated heterocycles. The molecule has 2 amide bonds. The summed E-state index contributed by atoms with van der Waals surface area (Å²) in [4.78, 5) is 35.4. The molecule has 0 saturated carbocycles. The Bertz CT molecular complexity index is 1000. The van der Waals surface area contributed by atoms with Gasteiger partial charge in [-0.25, -0.2) is 9.89 Å². The van der Waals surface area contributed by atoms with Gasteiger partial charge in [0.25, 0.3) is 5.91 Å². The Morgan fingerprint density at radius 1 is 1.22 bits per heavy atom. The van der Waals surface area contributed by atoms with Crippen molar-refractivity contribution in [3.05, 3.63) is 59.1 Å². The van der Waals surface area contributed by atoms with Crippen LogP contribution in [0.15, 0.2) is 58.5 Å². The van der Waals surface area contributed by atoms with Crippen molar-refractivity contribution in [1.82, 2.24) is 4.90 Å². The zero-order chi connectivity index (χ0) is 19.0. The Kier molecular flexibility index (Phi) is 4.72. The predicted molar refractivity (Wildman–Crippen MR) is 109 cm³/mol. The molecule has 0 fully saturated rings. The van der Waals surface area contributed by atoms with Gasteiger partial charge in [-0.15, -0.1) is 0 Å². The molecule has 0 spiro atoms. The fourth-order valence-electron chi connectivity index (χ4n) is 2.85. The molecule has 0 aliphatic carbocycles. The highest BCUT2D eigenvalue weighted by Gasteiger charge is 2.39. The van der Waals surface area contributed by atoms with Gasteiger partial charge < -0.3 is 5.32 Å². The summed E-state index contributed by atoms with van der Waals surface area (Å²) in [6.07, 6.45) is 0.